The highest BCUT2D eigenvalue weighted by molar-refractivity contribution is 5.87. The van der Waals surface area contributed by atoms with Crippen molar-refractivity contribution in [2.24, 2.45) is 11.8 Å². The highest BCUT2D eigenvalue weighted by Crippen LogP contribution is 2.35. The number of methoxy groups -OCH3 is 2. The van der Waals surface area contributed by atoms with Crippen LogP contribution in [0.25, 0.3) is 0 Å². The summed E-state index contributed by atoms with van der Waals surface area (Å²) in [6.07, 6.45) is 10.5. The van der Waals surface area contributed by atoms with E-state index >= 15 is 0 Å². The first-order chi connectivity index (χ1) is 20.4. The molecule has 6 rings (SSSR count). The average molecular weight is 579 g/mol. The van der Waals surface area contributed by atoms with Crippen molar-refractivity contribution in [1.82, 2.24) is 29.7 Å². The number of amides is 2. The van der Waals surface area contributed by atoms with E-state index in [1.165, 1.54) is 26.9 Å². The van der Waals surface area contributed by atoms with Crippen LogP contribution in [0.1, 0.15) is 95.6 Å². The van der Waals surface area contributed by atoms with Gasteiger partial charge >= 0.3 is 11.9 Å². The van der Waals surface area contributed by atoms with Crippen molar-refractivity contribution in [3.05, 3.63) is 47.6 Å². The third kappa shape index (κ3) is 7.27. The summed E-state index contributed by atoms with van der Waals surface area (Å²) < 4.78 is 9.36. The fourth-order valence-corrected chi connectivity index (χ4v) is 5.59. The molecule has 12 heteroatoms. The SMILES string of the molecule is COC(=O)c1cc(C2CCN(C(=O)C3CC3)CC2)ncn1.COC(=O)c1cc(C2CCN(C(=O)C3CC3)CC2)ncn1. The van der Waals surface area contributed by atoms with Crippen LogP contribution in [-0.2, 0) is 19.1 Å². The minimum absolute atomic E-state index is 0.277. The van der Waals surface area contributed by atoms with Crippen LogP contribution in [0, 0.1) is 11.8 Å². The summed E-state index contributed by atoms with van der Waals surface area (Å²) >= 11 is 0. The normalized spacial score (nSPS) is 19.4. The van der Waals surface area contributed by atoms with Crippen molar-refractivity contribution in [2.75, 3.05) is 40.4 Å². The van der Waals surface area contributed by atoms with Crippen LogP contribution in [0.2, 0.25) is 0 Å². The first-order valence-corrected chi connectivity index (χ1v) is 14.8. The molecule has 2 amide bonds. The summed E-state index contributed by atoms with van der Waals surface area (Å²) in [5.74, 6) is 0.857. The zero-order valence-electron chi connectivity index (χ0n) is 24.2. The molecule has 4 heterocycles. The molecule has 224 valence electrons. The summed E-state index contributed by atoms with van der Waals surface area (Å²) in [6, 6.07) is 3.41. The molecule has 0 N–H and O–H groups in total. The molecule has 12 nitrogen and oxygen atoms in total. The van der Waals surface area contributed by atoms with Crippen molar-refractivity contribution < 1.29 is 28.7 Å². The van der Waals surface area contributed by atoms with E-state index in [0.29, 0.717) is 23.2 Å². The number of piperidine rings is 2. The van der Waals surface area contributed by atoms with Crippen LogP contribution in [0.5, 0.6) is 0 Å². The molecule has 2 aromatic rings. The van der Waals surface area contributed by atoms with Gasteiger partial charge in [-0.3, -0.25) is 9.59 Å². The molecule has 0 bridgehead atoms. The lowest BCUT2D eigenvalue weighted by atomic mass is 9.92. The van der Waals surface area contributed by atoms with Crippen molar-refractivity contribution in [2.45, 2.75) is 63.2 Å². The van der Waals surface area contributed by atoms with Gasteiger partial charge in [0.15, 0.2) is 11.4 Å². The number of rotatable bonds is 6. The molecule has 0 spiro atoms. The largest absolute Gasteiger partial charge is 0.464 e. The molecule has 4 aliphatic rings. The number of carbonyl (C=O) groups is 4. The van der Waals surface area contributed by atoms with Crippen molar-refractivity contribution >= 4 is 23.8 Å². The van der Waals surface area contributed by atoms with E-state index in [4.69, 9.17) is 0 Å². The summed E-state index contributed by atoms with van der Waals surface area (Å²) in [4.78, 5) is 67.4. The predicted molar refractivity (Wildman–Crippen MR) is 149 cm³/mol. The summed E-state index contributed by atoms with van der Waals surface area (Å²) in [7, 11) is 2.68. The molecule has 2 saturated carbocycles. The predicted octanol–water partition coefficient (Wildman–Crippen LogP) is 2.76. The lowest BCUT2D eigenvalue weighted by molar-refractivity contribution is -0.134. The Morgan fingerprint density at radius 1 is 0.595 bits per heavy atom. The monoisotopic (exact) mass is 578 g/mol. The Bertz CT molecular complexity index is 1200. The van der Waals surface area contributed by atoms with Crippen LogP contribution in [0.3, 0.4) is 0 Å². The average Bonchev–Trinajstić information content (AvgIpc) is 3.98. The Hall–Kier alpha value is -3.96. The molecule has 0 radical (unpaired) electrons. The first-order valence-electron chi connectivity index (χ1n) is 14.8. The maximum atomic E-state index is 12.0. The molecule has 2 saturated heterocycles. The Morgan fingerprint density at radius 2 is 0.952 bits per heavy atom. The highest BCUT2D eigenvalue weighted by Gasteiger charge is 2.36. The molecule has 2 aliphatic heterocycles. The third-order valence-corrected chi connectivity index (χ3v) is 8.47. The van der Waals surface area contributed by atoms with Gasteiger partial charge in [-0.05, 0) is 63.5 Å². The lowest BCUT2D eigenvalue weighted by Gasteiger charge is -2.31. The molecule has 42 heavy (non-hydrogen) atoms. The number of esters is 2. The quantitative estimate of drug-likeness (QED) is 0.469. The second-order valence-corrected chi connectivity index (χ2v) is 11.4. The number of ether oxygens (including phenoxy) is 2. The number of hydrogen-bond donors (Lipinski definition) is 0. The zero-order valence-corrected chi connectivity index (χ0v) is 24.2. The van der Waals surface area contributed by atoms with E-state index in [1.54, 1.807) is 12.1 Å². The summed E-state index contributed by atoms with van der Waals surface area (Å²) in [5, 5.41) is 0. The fraction of sp³-hybridized carbons (Fsp3) is 0.600. The molecule has 2 aliphatic carbocycles. The van der Waals surface area contributed by atoms with Gasteiger partial charge in [0.2, 0.25) is 11.8 Å². The smallest absolute Gasteiger partial charge is 0.356 e. The van der Waals surface area contributed by atoms with Crippen LogP contribution in [-0.4, -0.2) is 93.9 Å². The van der Waals surface area contributed by atoms with Gasteiger partial charge in [-0.15, -0.1) is 0 Å². The number of hydrogen-bond acceptors (Lipinski definition) is 10. The molecule has 0 aromatic carbocycles. The molecule has 0 atom stereocenters. The maximum absolute atomic E-state index is 12.0. The Kier molecular flexibility index (Phi) is 9.38. The van der Waals surface area contributed by atoms with Gasteiger partial charge in [0.25, 0.3) is 0 Å². The molecular weight excluding hydrogens is 540 g/mol. The molecule has 2 aromatic heterocycles. The third-order valence-electron chi connectivity index (χ3n) is 8.47. The second-order valence-electron chi connectivity index (χ2n) is 11.4. The van der Waals surface area contributed by atoms with Crippen molar-refractivity contribution in [3.8, 4) is 0 Å². The van der Waals surface area contributed by atoms with Crippen LogP contribution in [0.15, 0.2) is 24.8 Å². The molecular formula is C30H38N6O6. The van der Waals surface area contributed by atoms with Gasteiger partial charge in [0.05, 0.1) is 14.2 Å². The number of aromatic nitrogens is 4. The number of carbonyl (C=O) groups excluding carboxylic acids is 4. The van der Waals surface area contributed by atoms with E-state index in [-0.39, 0.29) is 23.7 Å². The number of likely N-dealkylation sites (tertiary alicyclic amines) is 2. The highest BCUT2D eigenvalue weighted by atomic mass is 16.5. The Morgan fingerprint density at radius 3 is 1.26 bits per heavy atom. The van der Waals surface area contributed by atoms with Gasteiger partial charge in [0.1, 0.15) is 12.7 Å². The van der Waals surface area contributed by atoms with Crippen LogP contribution < -0.4 is 0 Å². The first kappa shape index (κ1) is 29.5. The minimum atomic E-state index is -0.444. The van der Waals surface area contributed by atoms with E-state index in [1.807, 2.05) is 9.80 Å². The lowest BCUT2D eigenvalue weighted by Crippen LogP contribution is -2.38. The molecule has 4 fully saturated rings. The summed E-state index contributed by atoms with van der Waals surface area (Å²) in [5.41, 5.74) is 2.31. The zero-order chi connectivity index (χ0) is 29.6. The van der Waals surface area contributed by atoms with Gasteiger partial charge in [-0.2, -0.15) is 0 Å². The van der Waals surface area contributed by atoms with E-state index in [2.05, 4.69) is 29.4 Å². The minimum Gasteiger partial charge on any atom is -0.464 e. The topological polar surface area (TPSA) is 145 Å². The number of nitrogens with zero attached hydrogens (tertiary/aromatic N) is 6. The fourth-order valence-electron chi connectivity index (χ4n) is 5.59. The summed E-state index contributed by atoms with van der Waals surface area (Å²) in [6.45, 7) is 3.10. The van der Waals surface area contributed by atoms with Crippen LogP contribution in [0.4, 0.5) is 0 Å². The second kappa shape index (κ2) is 13.3. The van der Waals surface area contributed by atoms with Gasteiger partial charge in [-0.1, -0.05) is 0 Å². The van der Waals surface area contributed by atoms with E-state index in [9.17, 15) is 19.2 Å². The Labute approximate surface area is 245 Å². The van der Waals surface area contributed by atoms with E-state index in [0.717, 1.165) is 88.9 Å². The van der Waals surface area contributed by atoms with Crippen molar-refractivity contribution in [3.63, 3.8) is 0 Å². The molecule has 0 unspecified atom stereocenters. The van der Waals surface area contributed by atoms with Gasteiger partial charge in [0, 0.05) is 61.2 Å². The van der Waals surface area contributed by atoms with Crippen LogP contribution >= 0.6 is 0 Å². The standard InChI is InChI=1S/2C15H19N3O3/c2*1-21-15(20)13-8-12(16-9-17-13)10-4-6-18(7-5-10)14(19)11-2-3-11/h2*8-11H,2-7H2,1H3. The maximum Gasteiger partial charge on any atom is 0.356 e. The van der Waals surface area contributed by atoms with Crippen molar-refractivity contribution in [1.29, 1.82) is 0 Å². The van der Waals surface area contributed by atoms with Gasteiger partial charge in [-0.25, -0.2) is 29.5 Å². The Balaban J connectivity index is 0.000000168. The van der Waals surface area contributed by atoms with Gasteiger partial charge < -0.3 is 19.3 Å². The van der Waals surface area contributed by atoms with E-state index < -0.39 is 11.9 Å².